The second-order valence-electron chi connectivity index (χ2n) is 4.66. The van der Waals surface area contributed by atoms with Crippen LogP contribution in [-0.4, -0.2) is 39.2 Å². The third kappa shape index (κ3) is 7.75. The number of hydrogen-bond acceptors (Lipinski definition) is 4. The summed E-state index contributed by atoms with van der Waals surface area (Å²) in [5, 5.41) is 20.2. The number of aryl methyl sites for hydroxylation is 1. The van der Waals surface area contributed by atoms with Gasteiger partial charge in [0.1, 0.15) is 6.04 Å². The van der Waals surface area contributed by atoms with Crippen molar-refractivity contribution in [3.63, 3.8) is 0 Å². The van der Waals surface area contributed by atoms with Crippen molar-refractivity contribution in [1.29, 1.82) is 0 Å². The van der Waals surface area contributed by atoms with Crippen LogP contribution in [0, 0.1) is 0 Å². The second kappa shape index (κ2) is 9.45. The number of nitrogens with one attached hydrogen (secondary N) is 1. The summed E-state index contributed by atoms with van der Waals surface area (Å²) in [7, 11) is -1.60. The van der Waals surface area contributed by atoms with Crippen LogP contribution in [0.2, 0.25) is 0 Å². The van der Waals surface area contributed by atoms with E-state index in [1.165, 1.54) is 5.56 Å². The van der Waals surface area contributed by atoms with Gasteiger partial charge in [0, 0.05) is 12.6 Å². The highest BCUT2D eigenvalue weighted by Gasteiger charge is 2.21. The van der Waals surface area contributed by atoms with Crippen molar-refractivity contribution in [1.82, 2.24) is 5.09 Å². The van der Waals surface area contributed by atoms with E-state index in [-0.39, 0.29) is 12.8 Å². The monoisotopic (exact) mass is 313 g/mol. The zero-order valence-electron chi connectivity index (χ0n) is 11.6. The molecule has 1 aromatic rings. The Morgan fingerprint density at radius 1 is 1.19 bits per heavy atom. The van der Waals surface area contributed by atoms with E-state index >= 15 is 0 Å². The first-order chi connectivity index (χ1) is 9.99. The average molecular weight is 313 g/mol. The molecule has 21 heavy (non-hydrogen) atoms. The Morgan fingerprint density at radius 2 is 1.86 bits per heavy atom. The third-order valence-electron chi connectivity index (χ3n) is 2.93. The van der Waals surface area contributed by atoms with Crippen LogP contribution in [0.15, 0.2) is 30.3 Å². The first kappa shape index (κ1) is 17.6. The van der Waals surface area contributed by atoms with Gasteiger partial charge in [-0.1, -0.05) is 30.3 Å². The average Bonchev–Trinajstić information content (AvgIpc) is 2.44. The van der Waals surface area contributed by atoms with E-state index in [0.717, 1.165) is 12.8 Å². The molecular weight excluding hydrogens is 293 g/mol. The lowest BCUT2D eigenvalue weighted by molar-refractivity contribution is -0.140. The van der Waals surface area contributed by atoms with E-state index in [0.29, 0.717) is 6.16 Å². The molecule has 0 radical (unpaired) electrons. The van der Waals surface area contributed by atoms with Gasteiger partial charge in [0.2, 0.25) is 0 Å². The molecule has 1 aromatic carbocycles. The maximum absolute atomic E-state index is 11.0. The summed E-state index contributed by atoms with van der Waals surface area (Å²) in [6.45, 7) is 0. The van der Waals surface area contributed by atoms with E-state index in [2.05, 4.69) is 5.09 Å². The first-order valence-electron chi connectivity index (χ1n) is 6.70. The highest BCUT2D eigenvalue weighted by Crippen LogP contribution is 2.27. The Balaban J connectivity index is 2.31. The van der Waals surface area contributed by atoms with Gasteiger partial charge < -0.3 is 15.1 Å². The molecule has 0 amide bonds. The lowest BCUT2D eigenvalue weighted by atomic mass is 10.1. The standard InChI is InChI=1S/C14H20NO5P/c16-13(17)9-8-12(14(18)19)15-21(20)10-4-7-11-5-2-1-3-6-11/h1-3,5-6,12,15,20H,4,7-10H2,(H,16,17)(H,18,19)/t12-,21?/m0/s1. The van der Waals surface area contributed by atoms with Crippen LogP contribution < -0.4 is 5.09 Å². The fourth-order valence-electron chi connectivity index (χ4n) is 1.83. The summed E-state index contributed by atoms with van der Waals surface area (Å²) in [5.74, 6) is -2.18. The fraction of sp³-hybridized carbons (Fsp3) is 0.429. The molecule has 0 aliphatic carbocycles. The molecule has 0 saturated heterocycles. The lowest BCUT2D eigenvalue weighted by Crippen LogP contribution is -2.34. The molecule has 4 N–H and O–H groups in total. The van der Waals surface area contributed by atoms with Gasteiger partial charge in [0.05, 0.1) is 8.30 Å². The topological polar surface area (TPSA) is 107 Å². The zero-order valence-corrected chi connectivity index (χ0v) is 12.5. The maximum Gasteiger partial charge on any atom is 0.321 e. The van der Waals surface area contributed by atoms with Crippen LogP contribution in [-0.2, 0) is 16.0 Å². The number of carboxylic acid groups (broad SMARTS) is 2. The minimum Gasteiger partial charge on any atom is -0.481 e. The summed E-state index contributed by atoms with van der Waals surface area (Å²) in [6.07, 6.45) is 1.75. The van der Waals surface area contributed by atoms with Gasteiger partial charge in [-0.15, -0.1) is 0 Å². The SMILES string of the molecule is O=C(O)CC[C@H](NP(O)CCCc1ccccc1)C(=O)O. The molecule has 116 valence electrons. The van der Waals surface area contributed by atoms with Crippen molar-refractivity contribution in [2.45, 2.75) is 31.7 Å². The van der Waals surface area contributed by atoms with Gasteiger partial charge in [0.25, 0.3) is 0 Å². The molecule has 2 atom stereocenters. The van der Waals surface area contributed by atoms with E-state index in [1.54, 1.807) is 0 Å². The van der Waals surface area contributed by atoms with Crippen LogP contribution in [0.4, 0.5) is 0 Å². The number of benzene rings is 1. The Bertz CT molecular complexity index is 454. The molecule has 0 bridgehead atoms. The van der Waals surface area contributed by atoms with Gasteiger partial charge in [0.15, 0.2) is 0 Å². The van der Waals surface area contributed by atoms with E-state index in [9.17, 15) is 14.5 Å². The summed E-state index contributed by atoms with van der Waals surface area (Å²) in [6, 6.07) is 8.81. The predicted octanol–water partition coefficient (Wildman–Crippen LogP) is 1.83. The molecule has 0 heterocycles. The number of rotatable bonds is 10. The van der Waals surface area contributed by atoms with Crippen molar-refractivity contribution in [2.75, 3.05) is 6.16 Å². The fourth-order valence-corrected chi connectivity index (χ4v) is 3.02. The maximum atomic E-state index is 11.0. The van der Waals surface area contributed by atoms with Crippen molar-refractivity contribution in [3.8, 4) is 0 Å². The van der Waals surface area contributed by atoms with Gasteiger partial charge in [-0.3, -0.25) is 14.7 Å². The van der Waals surface area contributed by atoms with E-state index in [4.69, 9.17) is 10.2 Å². The highest BCUT2D eigenvalue weighted by molar-refractivity contribution is 7.49. The number of aliphatic carboxylic acids is 2. The second-order valence-corrected chi connectivity index (χ2v) is 6.17. The third-order valence-corrected chi connectivity index (χ3v) is 4.28. The normalized spacial score (nSPS) is 13.6. The Kier molecular flexibility index (Phi) is 7.90. The Morgan fingerprint density at radius 3 is 2.43 bits per heavy atom. The van der Waals surface area contributed by atoms with Gasteiger partial charge in [-0.05, 0) is 24.8 Å². The van der Waals surface area contributed by atoms with Crippen molar-refractivity contribution >= 4 is 20.2 Å². The molecule has 0 aromatic heterocycles. The van der Waals surface area contributed by atoms with Gasteiger partial charge in [-0.2, -0.15) is 0 Å². The smallest absolute Gasteiger partial charge is 0.321 e. The van der Waals surface area contributed by atoms with Crippen LogP contribution in [0.1, 0.15) is 24.8 Å². The summed E-state index contributed by atoms with van der Waals surface area (Å²) in [5.41, 5.74) is 1.17. The molecule has 6 nitrogen and oxygen atoms in total. The van der Waals surface area contributed by atoms with Crippen LogP contribution in [0.5, 0.6) is 0 Å². The largest absolute Gasteiger partial charge is 0.481 e. The number of hydrogen-bond donors (Lipinski definition) is 4. The van der Waals surface area contributed by atoms with E-state index < -0.39 is 26.3 Å². The highest BCUT2D eigenvalue weighted by atomic mass is 31.2. The minimum absolute atomic E-state index is 0.0389. The Hall–Kier alpha value is -1.49. The zero-order chi connectivity index (χ0) is 15.7. The van der Waals surface area contributed by atoms with Gasteiger partial charge in [-0.25, -0.2) is 0 Å². The molecule has 0 saturated carbocycles. The van der Waals surface area contributed by atoms with Crippen molar-refractivity contribution < 1.29 is 24.7 Å². The number of carboxylic acids is 2. The molecule has 0 fully saturated rings. The summed E-state index contributed by atoms with van der Waals surface area (Å²) in [4.78, 5) is 31.3. The molecule has 7 heteroatoms. The van der Waals surface area contributed by atoms with Crippen LogP contribution in [0.3, 0.4) is 0 Å². The molecule has 0 spiro atoms. The first-order valence-corrected chi connectivity index (χ1v) is 8.18. The molecule has 0 aliphatic rings. The predicted molar refractivity (Wildman–Crippen MR) is 80.2 cm³/mol. The van der Waals surface area contributed by atoms with Crippen molar-refractivity contribution in [2.24, 2.45) is 0 Å². The van der Waals surface area contributed by atoms with E-state index in [1.807, 2.05) is 30.3 Å². The molecule has 1 unspecified atom stereocenters. The summed E-state index contributed by atoms with van der Waals surface area (Å²) >= 11 is 0. The lowest BCUT2D eigenvalue weighted by Gasteiger charge is -2.18. The minimum atomic E-state index is -1.60. The van der Waals surface area contributed by atoms with Gasteiger partial charge >= 0.3 is 11.9 Å². The number of carbonyl (C=O) groups is 2. The quantitative estimate of drug-likeness (QED) is 0.491. The summed E-state index contributed by atoms with van der Waals surface area (Å²) < 4.78 is 0. The molecule has 0 aliphatic heterocycles. The molecular formula is C14H20NO5P. The van der Waals surface area contributed by atoms with Crippen LogP contribution >= 0.6 is 8.30 Å². The molecule has 1 rings (SSSR count). The van der Waals surface area contributed by atoms with Crippen molar-refractivity contribution in [3.05, 3.63) is 35.9 Å². The van der Waals surface area contributed by atoms with Crippen LogP contribution in [0.25, 0.3) is 0 Å². The Labute approximate surface area is 124 Å².